The van der Waals surface area contributed by atoms with Gasteiger partial charge in [0.2, 0.25) is 5.60 Å². The van der Waals surface area contributed by atoms with E-state index in [1.807, 2.05) is 0 Å². The van der Waals surface area contributed by atoms with Gasteiger partial charge in [0.1, 0.15) is 18.3 Å². The summed E-state index contributed by atoms with van der Waals surface area (Å²) in [6.07, 6.45) is -5.28. The number of aliphatic hydroxyl groups excluding tert-OH is 3. The van der Waals surface area contributed by atoms with E-state index in [4.69, 9.17) is 4.74 Å². The summed E-state index contributed by atoms with van der Waals surface area (Å²) in [7, 11) is 0. The number of hydrogen-bond donors (Lipinski definition) is 5. The van der Waals surface area contributed by atoms with Crippen LogP contribution in [0.5, 0.6) is 0 Å². The maximum absolute atomic E-state index is 12.2. The smallest absolute Gasteiger partial charge is 0.260 e. The fourth-order valence-electron chi connectivity index (χ4n) is 2.51. The lowest BCUT2D eigenvalue weighted by Gasteiger charge is -2.51. The second kappa shape index (κ2) is 6.86. The molecule has 0 spiro atoms. The number of thioether (sulfide) groups is 1. The van der Waals surface area contributed by atoms with Crippen molar-refractivity contribution < 1.29 is 35.1 Å². The number of ether oxygens (including phenoxy) is 1. The number of carbonyl (C=O) groups is 1. The molecule has 2 rings (SSSR count). The first-order valence-corrected chi connectivity index (χ1v) is 7.98. The lowest BCUT2D eigenvalue weighted by Crippen LogP contribution is -2.74. The Hall–Kier alpha value is -1.00. The molecule has 1 aliphatic heterocycles. The molecular weight excluding hydrogens is 324 g/mol. The van der Waals surface area contributed by atoms with Crippen LogP contribution >= 0.6 is 11.8 Å². The molecule has 5 N–H and O–H groups in total. The van der Waals surface area contributed by atoms with Crippen molar-refractivity contribution in [2.45, 2.75) is 47.3 Å². The minimum atomic E-state index is -2.74. The summed E-state index contributed by atoms with van der Waals surface area (Å²) in [6.45, 7) is 0.747. The van der Waals surface area contributed by atoms with E-state index in [2.05, 4.69) is 0 Å². The average Bonchev–Trinajstić information content (AvgIpc) is 2.56. The standard InChI is InChI=1S/C15H20O7S/c1-2-11(17)14(20)13(19)12(18)10(8-16)22-15(14,21)23-9-6-4-3-5-7-9/h3-7,10,12-13,16,18-21H,2,8H2,1H3/t10-,12-,13+,14-,15-/m1/s1. The first kappa shape index (κ1) is 18.3. The Bertz CT molecular complexity index is 554. The highest BCUT2D eigenvalue weighted by atomic mass is 32.2. The van der Waals surface area contributed by atoms with Crippen LogP contribution in [-0.4, -0.2) is 67.0 Å². The highest BCUT2D eigenvalue weighted by Gasteiger charge is 2.67. The molecule has 7 nitrogen and oxygen atoms in total. The molecule has 5 atom stereocenters. The number of Topliss-reactive ketones (excluding diaryl/α,β-unsaturated/α-hetero) is 1. The Morgan fingerprint density at radius 1 is 1.26 bits per heavy atom. The van der Waals surface area contributed by atoms with Crippen molar-refractivity contribution in [1.82, 2.24) is 0 Å². The van der Waals surface area contributed by atoms with Crippen molar-refractivity contribution in [2.75, 3.05) is 6.61 Å². The Labute approximate surface area is 137 Å². The van der Waals surface area contributed by atoms with E-state index in [9.17, 15) is 30.3 Å². The number of hydrogen-bond acceptors (Lipinski definition) is 8. The third-order valence-electron chi connectivity index (χ3n) is 3.85. The average molecular weight is 344 g/mol. The van der Waals surface area contributed by atoms with Crippen LogP contribution in [0.1, 0.15) is 13.3 Å². The number of ketones is 1. The molecule has 0 bridgehead atoms. The van der Waals surface area contributed by atoms with E-state index in [1.54, 1.807) is 30.3 Å². The van der Waals surface area contributed by atoms with Crippen LogP contribution in [0, 0.1) is 0 Å². The quantitative estimate of drug-likeness (QED) is 0.442. The van der Waals surface area contributed by atoms with E-state index >= 15 is 0 Å². The molecular formula is C15H20O7S. The number of benzene rings is 1. The van der Waals surface area contributed by atoms with Gasteiger partial charge in [-0.25, -0.2) is 0 Å². The lowest BCUT2D eigenvalue weighted by molar-refractivity contribution is -0.334. The molecule has 0 aliphatic carbocycles. The Morgan fingerprint density at radius 2 is 1.87 bits per heavy atom. The van der Waals surface area contributed by atoms with Gasteiger partial charge in [-0.1, -0.05) is 36.9 Å². The van der Waals surface area contributed by atoms with Gasteiger partial charge < -0.3 is 30.3 Å². The van der Waals surface area contributed by atoms with Gasteiger partial charge in [0.15, 0.2) is 5.78 Å². The molecule has 128 valence electrons. The second-order valence-corrected chi connectivity index (χ2v) is 6.54. The fourth-order valence-corrected chi connectivity index (χ4v) is 3.68. The predicted octanol–water partition coefficient (Wildman–Crippen LogP) is -0.752. The molecule has 1 heterocycles. The van der Waals surface area contributed by atoms with Crippen molar-refractivity contribution in [3.63, 3.8) is 0 Å². The van der Waals surface area contributed by atoms with Gasteiger partial charge in [-0.2, -0.15) is 0 Å². The van der Waals surface area contributed by atoms with Crippen molar-refractivity contribution >= 4 is 17.5 Å². The van der Waals surface area contributed by atoms with Gasteiger partial charge in [-0.15, -0.1) is 0 Å². The molecule has 8 heteroatoms. The summed E-state index contributed by atoms with van der Waals surface area (Å²) >= 11 is 0.623. The van der Waals surface area contributed by atoms with Crippen molar-refractivity contribution in [3.8, 4) is 0 Å². The monoisotopic (exact) mass is 344 g/mol. The van der Waals surface area contributed by atoms with Crippen molar-refractivity contribution in [3.05, 3.63) is 30.3 Å². The van der Waals surface area contributed by atoms with Gasteiger partial charge in [0.25, 0.3) is 5.12 Å². The van der Waals surface area contributed by atoms with E-state index in [0.717, 1.165) is 0 Å². The normalized spacial score (nSPS) is 37.6. The second-order valence-electron chi connectivity index (χ2n) is 5.31. The van der Waals surface area contributed by atoms with Gasteiger partial charge in [0, 0.05) is 11.3 Å². The summed E-state index contributed by atoms with van der Waals surface area (Å²) < 4.78 is 5.24. The first-order valence-electron chi connectivity index (χ1n) is 7.17. The topological polar surface area (TPSA) is 127 Å². The van der Waals surface area contributed by atoms with Gasteiger partial charge in [0.05, 0.1) is 6.61 Å². The molecule has 0 saturated carbocycles. The van der Waals surface area contributed by atoms with E-state index in [-0.39, 0.29) is 6.42 Å². The third kappa shape index (κ3) is 3.03. The fraction of sp³-hybridized carbons (Fsp3) is 0.533. The zero-order valence-electron chi connectivity index (χ0n) is 12.5. The van der Waals surface area contributed by atoms with E-state index in [0.29, 0.717) is 16.7 Å². The van der Waals surface area contributed by atoms with Gasteiger partial charge in [-0.3, -0.25) is 4.79 Å². The van der Waals surface area contributed by atoms with Crippen LogP contribution < -0.4 is 0 Å². The molecule has 1 aromatic carbocycles. The summed E-state index contributed by atoms with van der Waals surface area (Å²) in [5.41, 5.74) is -2.74. The van der Waals surface area contributed by atoms with E-state index in [1.165, 1.54) is 6.92 Å². The zero-order valence-corrected chi connectivity index (χ0v) is 13.3. The van der Waals surface area contributed by atoms with Crippen LogP contribution in [-0.2, 0) is 9.53 Å². The zero-order chi connectivity index (χ0) is 17.3. The summed E-state index contributed by atoms with van der Waals surface area (Å²) in [6, 6.07) is 8.35. The maximum atomic E-state index is 12.2. The minimum absolute atomic E-state index is 0.189. The highest BCUT2D eigenvalue weighted by Crippen LogP contribution is 2.47. The molecule has 1 aliphatic rings. The molecule has 1 fully saturated rings. The van der Waals surface area contributed by atoms with Crippen LogP contribution in [0.4, 0.5) is 0 Å². The molecule has 1 saturated heterocycles. The largest absolute Gasteiger partial charge is 0.394 e. The first-order chi connectivity index (χ1) is 10.8. The SMILES string of the molecule is CCC(=O)[C@@]1(O)[C@@H](O)[C@H](O)[C@@H](CO)O[C@@]1(O)Sc1ccccc1. The summed E-state index contributed by atoms with van der Waals surface area (Å²) in [5.74, 6) is -0.883. The predicted molar refractivity (Wildman–Crippen MR) is 81.5 cm³/mol. The Morgan fingerprint density at radius 3 is 2.39 bits per heavy atom. The lowest BCUT2D eigenvalue weighted by atomic mass is 9.82. The van der Waals surface area contributed by atoms with Crippen LogP contribution in [0.2, 0.25) is 0 Å². The number of carbonyl (C=O) groups excluding carboxylic acids is 1. The molecule has 0 unspecified atom stereocenters. The third-order valence-corrected chi connectivity index (χ3v) is 5.04. The molecule has 0 radical (unpaired) electrons. The number of rotatable bonds is 5. The van der Waals surface area contributed by atoms with Crippen LogP contribution in [0.3, 0.4) is 0 Å². The highest BCUT2D eigenvalue weighted by molar-refractivity contribution is 8.00. The molecule has 23 heavy (non-hydrogen) atoms. The van der Waals surface area contributed by atoms with Crippen LogP contribution in [0.15, 0.2) is 35.2 Å². The minimum Gasteiger partial charge on any atom is -0.394 e. The Kier molecular flexibility index (Phi) is 5.47. The van der Waals surface area contributed by atoms with Crippen molar-refractivity contribution in [2.24, 2.45) is 0 Å². The maximum Gasteiger partial charge on any atom is 0.260 e. The van der Waals surface area contributed by atoms with Crippen LogP contribution in [0.25, 0.3) is 0 Å². The van der Waals surface area contributed by atoms with Gasteiger partial charge >= 0.3 is 0 Å². The molecule has 0 amide bonds. The van der Waals surface area contributed by atoms with Gasteiger partial charge in [-0.05, 0) is 12.1 Å². The number of aliphatic hydroxyl groups is 5. The summed E-state index contributed by atoms with van der Waals surface area (Å²) in [4.78, 5) is 12.7. The molecule has 0 aromatic heterocycles. The van der Waals surface area contributed by atoms with Crippen molar-refractivity contribution in [1.29, 1.82) is 0 Å². The summed E-state index contributed by atoms with van der Waals surface area (Å²) in [5, 5.41) is 48.4. The van der Waals surface area contributed by atoms with E-state index < -0.39 is 41.4 Å². The Balaban J connectivity index is 2.47. The molecule has 1 aromatic rings.